The maximum absolute atomic E-state index is 12.8. The van der Waals surface area contributed by atoms with E-state index in [1.807, 2.05) is 13.0 Å². The van der Waals surface area contributed by atoms with Crippen LogP contribution in [-0.4, -0.2) is 4.98 Å². The van der Waals surface area contributed by atoms with E-state index in [1.165, 1.54) is 6.07 Å². The van der Waals surface area contributed by atoms with E-state index in [-0.39, 0.29) is 4.47 Å². The molecule has 0 amide bonds. The van der Waals surface area contributed by atoms with Gasteiger partial charge in [-0.2, -0.15) is 13.2 Å². The Morgan fingerprint density at radius 2 is 1.85 bits per heavy atom. The molecule has 1 N–H and O–H groups in total. The Labute approximate surface area is 130 Å². The summed E-state index contributed by atoms with van der Waals surface area (Å²) in [5.41, 5.74) is 0.437. The molecule has 0 aliphatic rings. The van der Waals surface area contributed by atoms with Crippen LogP contribution in [0, 0.1) is 6.92 Å². The van der Waals surface area contributed by atoms with Crippen LogP contribution in [0.4, 0.5) is 24.7 Å². The van der Waals surface area contributed by atoms with Crippen LogP contribution in [0.5, 0.6) is 0 Å². The summed E-state index contributed by atoms with van der Waals surface area (Å²) in [7, 11) is 0. The maximum Gasteiger partial charge on any atom is 0.417 e. The van der Waals surface area contributed by atoms with E-state index in [4.69, 9.17) is 0 Å². The topological polar surface area (TPSA) is 24.9 Å². The first kappa shape index (κ1) is 15.3. The number of nitrogens with one attached hydrogen (secondary N) is 1. The second kappa shape index (κ2) is 5.73. The first-order valence-corrected chi connectivity index (χ1v) is 7.12. The number of halogens is 5. The second-order valence-electron chi connectivity index (χ2n) is 4.14. The van der Waals surface area contributed by atoms with Gasteiger partial charge >= 0.3 is 6.18 Å². The normalized spacial score (nSPS) is 11.5. The predicted octanol–water partition coefficient (Wildman–Crippen LogP) is 5.68. The number of aromatic nitrogens is 1. The SMILES string of the molecule is Cc1cc(Br)cnc1Nc1ccc(Br)c(C(F)(F)F)c1. The van der Waals surface area contributed by atoms with Gasteiger partial charge < -0.3 is 5.32 Å². The number of alkyl halides is 3. The van der Waals surface area contributed by atoms with E-state index in [9.17, 15) is 13.2 Å². The standard InChI is InChI=1S/C13H9Br2F3N2/c1-7-4-8(14)6-19-12(7)20-9-2-3-11(15)10(5-9)13(16,17)18/h2-6H,1H3,(H,19,20). The summed E-state index contributed by atoms with van der Waals surface area (Å²) >= 11 is 6.19. The van der Waals surface area contributed by atoms with Crippen molar-refractivity contribution in [3.05, 3.63) is 50.5 Å². The summed E-state index contributed by atoms with van der Waals surface area (Å²) in [5, 5.41) is 2.89. The number of rotatable bonds is 2. The molecule has 0 radical (unpaired) electrons. The van der Waals surface area contributed by atoms with E-state index in [0.717, 1.165) is 16.1 Å². The van der Waals surface area contributed by atoms with E-state index in [1.54, 1.807) is 12.3 Å². The van der Waals surface area contributed by atoms with Crippen molar-refractivity contribution in [1.29, 1.82) is 0 Å². The summed E-state index contributed by atoms with van der Waals surface area (Å²) in [6, 6.07) is 5.80. The van der Waals surface area contributed by atoms with Gasteiger partial charge in [0.25, 0.3) is 0 Å². The molecule has 0 fully saturated rings. The average molecular weight is 410 g/mol. The lowest BCUT2D eigenvalue weighted by Gasteiger charge is -2.13. The molecule has 0 spiro atoms. The highest BCUT2D eigenvalue weighted by atomic mass is 79.9. The first-order chi connectivity index (χ1) is 9.27. The van der Waals surface area contributed by atoms with Crippen LogP contribution in [0.3, 0.4) is 0 Å². The lowest BCUT2D eigenvalue weighted by atomic mass is 10.2. The van der Waals surface area contributed by atoms with E-state index < -0.39 is 11.7 Å². The molecule has 106 valence electrons. The van der Waals surface area contributed by atoms with Gasteiger partial charge in [0, 0.05) is 20.8 Å². The number of aryl methyl sites for hydroxylation is 1. The molecule has 0 saturated heterocycles. The van der Waals surface area contributed by atoms with Gasteiger partial charge in [-0.3, -0.25) is 0 Å². The molecule has 2 nitrogen and oxygen atoms in total. The smallest absolute Gasteiger partial charge is 0.340 e. The fourth-order valence-corrected chi connectivity index (χ4v) is 2.55. The lowest BCUT2D eigenvalue weighted by Crippen LogP contribution is -2.07. The van der Waals surface area contributed by atoms with Crippen LogP contribution in [0.15, 0.2) is 39.4 Å². The fourth-order valence-electron chi connectivity index (χ4n) is 1.63. The van der Waals surface area contributed by atoms with Gasteiger partial charge in [-0.15, -0.1) is 0 Å². The Morgan fingerprint density at radius 1 is 1.15 bits per heavy atom. The number of anilines is 2. The van der Waals surface area contributed by atoms with Crippen molar-refractivity contribution in [3.8, 4) is 0 Å². The predicted molar refractivity (Wildman–Crippen MR) is 79.1 cm³/mol. The number of nitrogens with zero attached hydrogens (tertiary/aromatic N) is 1. The number of hydrogen-bond acceptors (Lipinski definition) is 2. The van der Waals surface area contributed by atoms with Crippen molar-refractivity contribution in [2.75, 3.05) is 5.32 Å². The summed E-state index contributed by atoms with van der Waals surface area (Å²) in [6.45, 7) is 1.82. The molecule has 0 unspecified atom stereocenters. The van der Waals surface area contributed by atoms with Crippen molar-refractivity contribution in [2.24, 2.45) is 0 Å². The molecule has 1 heterocycles. The third-order valence-corrected chi connectivity index (χ3v) is 3.70. The van der Waals surface area contributed by atoms with Crippen LogP contribution < -0.4 is 5.32 Å². The summed E-state index contributed by atoms with van der Waals surface area (Å²) in [5.74, 6) is 0.517. The Hall–Kier alpha value is -1.08. The molecule has 0 saturated carbocycles. The molecule has 0 aliphatic carbocycles. The van der Waals surface area contributed by atoms with Gasteiger partial charge in [0.05, 0.1) is 5.56 Å². The third-order valence-electron chi connectivity index (χ3n) is 2.58. The molecule has 0 aliphatic heterocycles. The Bertz CT molecular complexity index is 642. The van der Waals surface area contributed by atoms with Crippen LogP contribution >= 0.6 is 31.9 Å². The van der Waals surface area contributed by atoms with Crippen molar-refractivity contribution < 1.29 is 13.2 Å². The zero-order valence-corrected chi connectivity index (χ0v) is 13.4. The Kier molecular flexibility index (Phi) is 4.39. The summed E-state index contributed by atoms with van der Waals surface area (Å²) in [6.07, 6.45) is -2.82. The number of hydrogen-bond donors (Lipinski definition) is 1. The minimum atomic E-state index is -4.40. The molecule has 0 atom stereocenters. The number of benzene rings is 1. The Morgan fingerprint density at radius 3 is 2.45 bits per heavy atom. The summed E-state index contributed by atoms with van der Waals surface area (Å²) in [4.78, 5) is 4.14. The van der Waals surface area contributed by atoms with Gasteiger partial charge in [0.2, 0.25) is 0 Å². The van der Waals surface area contributed by atoms with Gasteiger partial charge in [-0.25, -0.2) is 4.98 Å². The lowest BCUT2D eigenvalue weighted by molar-refractivity contribution is -0.138. The van der Waals surface area contributed by atoms with Crippen molar-refractivity contribution in [2.45, 2.75) is 13.1 Å². The zero-order valence-electron chi connectivity index (χ0n) is 10.2. The fraction of sp³-hybridized carbons (Fsp3) is 0.154. The van der Waals surface area contributed by atoms with E-state index >= 15 is 0 Å². The minimum Gasteiger partial charge on any atom is -0.340 e. The van der Waals surface area contributed by atoms with E-state index in [2.05, 4.69) is 42.2 Å². The maximum atomic E-state index is 12.8. The van der Waals surface area contributed by atoms with Crippen molar-refractivity contribution in [3.63, 3.8) is 0 Å². The van der Waals surface area contributed by atoms with Crippen LogP contribution in [0.2, 0.25) is 0 Å². The molecule has 1 aromatic carbocycles. The summed E-state index contributed by atoms with van der Waals surface area (Å²) < 4.78 is 39.3. The molecular formula is C13H9Br2F3N2. The monoisotopic (exact) mass is 408 g/mol. The van der Waals surface area contributed by atoms with Gasteiger partial charge in [0.1, 0.15) is 5.82 Å². The average Bonchev–Trinajstić information content (AvgIpc) is 2.33. The van der Waals surface area contributed by atoms with Crippen molar-refractivity contribution >= 4 is 43.4 Å². The third kappa shape index (κ3) is 3.52. The molecule has 1 aromatic heterocycles. The molecule has 7 heteroatoms. The quantitative estimate of drug-likeness (QED) is 0.690. The second-order valence-corrected chi connectivity index (χ2v) is 5.91. The first-order valence-electron chi connectivity index (χ1n) is 5.53. The van der Waals surface area contributed by atoms with Crippen molar-refractivity contribution in [1.82, 2.24) is 4.98 Å². The molecule has 0 bridgehead atoms. The largest absolute Gasteiger partial charge is 0.417 e. The molecule has 20 heavy (non-hydrogen) atoms. The molecular weight excluding hydrogens is 401 g/mol. The van der Waals surface area contributed by atoms with Gasteiger partial charge in [-0.05, 0) is 52.7 Å². The highest BCUT2D eigenvalue weighted by Crippen LogP contribution is 2.37. The zero-order chi connectivity index (χ0) is 14.9. The molecule has 2 aromatic rings. The highest BCUT2D eigenvalue weighted by molar-refractivity contribution is 9.10. The van der Waals surface area contributed by atoms with E-state index in [0.29, 0.717) is 11.5 Å². The van der Waals surface area contributed by atoms with Crippen LogP contribution in [0.25, 0.3) is 0 Å². The highest BCUT2D eigenvalue weighted by Gasteiger charge is 2.33. The Balaban J connectivity index is 2.35. The van der Waals surface area contributed by atoms with Gasteiger partial charge in [-0.1, -0.05) is 15.9 Å². The van der Waals surface area contributed by atoms with Crippen LogP contribution in [-0.2, 0) is 6.18 Å². The number of pyridine rings is 1. The molecule has 2 rings (SSSR count). The van der Waals surface area contributed by atoms with Crippen LogP contribution in [0.1, 0.15) is 11.1 Å². The van der Waals surface area contributed by atoms with Gasteiger partial charge in [0.15, 0.2) is 0 Å². The minimum absolute atomic E-state index is 0.0102.